The number of carbonyl (C=O) groups is 3. The van der Waals surface area contributed by atoms with Gasteiger partial charge in [-0.2, -0.15) is 13.2 Å². The summed E-state index contributed by atoms with van der Waals surface area (Å²) in [4.78, 5) is 38.7. The highest BCUT2D eigenvalue weighted by Crippen LogP contribution is 2.45. The summed E-state index contributed by atoms with van der Waals surface area (Å²) >= 11 is 0. The van der Waals surface area contributed by atoms with Gasteiger partial charge in [0.1, 0.15) is 5.57 Å². The van der Waals surface area contributed by atoms with Crippen molar-refractivity contribution in [1.29, 1.82) is 0 Å². The van der Waals surface area contributed by atoms with E-state index in [1.165, 1.54) is 6.92 Å². The van der Waals surface area contributed by atoms with Gasteiger partial charge in [0.05, 0.1) is 7.11 Å². The Morgan fingerprint density at radius 1 is 1.20 bits per heavy atom. The molecule has 1 aromatic carbocycles. The fourth-order valence-electron chi connectivity index (χ4n) is 3.48. The summed E-state index contributed by atoms with van der Waals surface area (Å²) in [5.41, 5.74) is -3.77. The second-order valence-corrected chi connectivity index (χ2v) is 7.04. The van der Waals surface area contributed by atoms with Crippen molar-refractivity contribution in [2.24, 2.45) is 0 Å². The van der Waals surface area contributed by atoms with Crippen LogP contribution in [0.3, 0.4) is 0 Å². The predicted octanol–water partition coefficient (Wildman–Crippen LogP) is 3.13. The van der Waals surface area contributed by atoms with E-state index in [9.17, 15) is 27.6 Å². The maximum Gasteiger partial charge on any atom is 0.425 e. The minimum absolute atomic E-state index is 0.000618. The zero-order chi connectivity index (χ0) is 22.5. The Bertz CT molecular complexity index is 836. The van der Waals surface area contributed by atoms with Crippen molar-refractivity contribution in [2.45, 2.75) is 51.2 Å². The second-order valence-electron chi connectivity index (χ2n) is 7.04. The first-order valence-corrected chi connectivity index (χ1v) is 9.63. The number of unbranched alkanes of at least 4 members (excludes halogenated alkanes) is 1. The third-order valence-corrected chi connectivity index (χ3v) is 5.07. The Balaban J connectivity index is 2.42. The molecule has 0 aliphatic carbocycles. The van der Waals surface area contributed by atoms with E-state index >= 15 is 0 Å². The largest absolute Gasteiger partial charge is 0.466 e. The molecule has 0 bridgehead atoms. The Morgan fingerprint density at radius 3 is 2.37 bits per heavy atom. The molecule has 30 heavy (non-hydrogen) atoms. The van der Waals surface area contributed by atoms with Gasteiger partial charge in [-0.3, -0.25) is 9.59 Å². The standard InChI is InChI=1S/C21H25F3N2O4/c1-4-5-13-26-14(2)17(18(28)30-3)20(19(26)29,21(22,23)24)25-16(27)12-11-15-9-7-6-8-10-15/h6-10H,4-5,11-13H2,1-3H3,(H,25,27). The summed E-state index contributed by atoms with van der Waals surface area (Å²) in [5, 5.41) is 1.84. The molecule has 0 saturated carbocycles. The summed E-state index contributed by atoms with van der Waals surface area (Å²) in [6, 6.07) is 8.75. The topological polar surface area (TPSA) is 75.7 Å². The smallest absolute Gasteiger partial charge is 0.425 e. The average molecular weight is 426 g/mol. The summed E-state index contributed by atoms with van der Waals surface area (Å²) in [6.45, 7) is 3.08. The first-order chi connectivity index (χ1) is 14.1. The van der Waals surface area contributed by atoms with Gasteiger partial charge < -0.3 is 15.0 Å². The van der Waals surface area contributed by atoms with E-state index in [1.54, 1.807) is 30.3 Å². The van der Waals surface area contributed by atoms with E-state index in [0.717, 1.165) is 17.6 Å². The quantitative estimate of drug-likeness (QED) is 0.648. The first kappa shape index (κ1) is 23.4. The number of rotatable bonds is 8. The molecule has 0 radical (unpaired) electrons. The van der Waals surface area contributed by atoms with Crippen LogP contribution in [0.5, 0.6) is 0 Å². The van der Waals surface area contributed by atoms with E-state index < -0.39 is 35.1 Å². The molecule has 0 fully saturated rings. The van der Waals surface area contributed by atoms with E-state index in [2.05, 4.69) is 4.74 Å². The molecule has 1 heterocycles. The predicted molar refractivity (Wildman–Crippen MR) is 103 cm³/mol. The molecule has 0 saturated heterocycles. The van der Waals surface area contributed by atoms with Crippen molar-refractivity contribution in [2.75, 3.05) is 13.7 Å². The minimum atomic E-state index is -5.24. The van der Waals surface area contributed by atoms with Crippen LogP contribution in [0.4, 0.5) is 13.2 Å². The maximum absolute atomic E-state index is 14.3. The Hall–Kier alpha value is -2.84. The number of alkyl halides is 3. The van der Waals surface area contributed by atoms with Gasteiger partial charge >= 0.3 is 12.1 Å². The summed E-state index contributed by atoms with van der Waals surface area (Å²) in [7, 11) is 0.931. The number of carbonyl (C=O) groups excluding carboxylic acids is 3. The van der Waals surface area contributed by atoms with Crippen LogP contribution in [0, 0.1) is 0 Å². The number of nitrogens with one attached hydrogen (secondary N) is 1. The summed E-state index contributed by atoms with van der Waals surface area (Å²) in [6.07, 6.45) is -4.26. The zero-order valence-electron chi connectivity index (χ0n) is 17.1. The highest BCUT2D eigenvalue weighted by atomic mass is 19.4. The first-order valence-electron chi connectivity index (χ1n) is 9.63. The van der Waals surface area contributed by atoms with Crippen LogP contribution in [0.1, 0.15) is 38.7 Å². The van der Waals surface area contributed by atoms with Crippen LogP contribution in [0.15, 0.2) is 41.6 Å². The van der Waals surface area contributed by atoms with Crippen molar-refractivity contribution < 1.29 is 32.3 Å². The zero-order valence-corrected chi connectivity index (χ0v) is 17.1. The Morgan fingerprint density at radius 2 is 1.83 bits per heavy atom. The van der Waals surface area contributed by atoms with Gasteiger partial charge in [0.2, 0.25) is 11.4 Å². The fraction of sp³-hybridized carbons (Fsp3) is 0.476. The number of esters is 1. The number of aryl methyl sites for hydroxylation is 1. The molecule has 0 aromatic heterocycles. The minimum Gasteiger partial charge on any atom is -0.466 e. The molecule has 1 aromatic rings. The number of methoxy groups -OCH3 is 1. The van der Waals surface area contributed by atoms with Gasteiger partial charge in [0.15, 0.2) is 0 Å². The number of halogens is 3. The molecule has 2 amide bonds. The molecule has 9 heteroatoms. The number of nitrogens with zero attached hydrogens (tertiary/aromatic N) is 1. The number of hydrogen-bond acceptors (Lipinski definition) is 4. The van der Waals surface area contributed by atoms with E-state index in [-0.39, 0.29) is 25.1 Å². The van der Waals surface area contributed by atoms with Gasteiger partial charge in [0.25, 0.3) is 5.91 Å². The Kier molecular flexibility index (Phi) is 7.28. The second kappa shape index (κ2) is 9.32. The van der Waals surface area contributed by atoms with Crippen LogP contribution < -0.4 is 5.32 Å². The average Bonchev–Trinajstić information content (AvgIpc) is 2.92. The highest BCUT2D eigenvalue weighted by Gasteiger charge is 2.70. The third-order valence-electron chi connectivity index (χ3n) is 5.07. The molecular weight excluding hydrogens is 401 g/mol. The van der Waals surface area contributed by atoms with Crippen molar-refractivity contribution in [3.63, 3.8) is 0 Å². The molecule has 1 atom stereocenters. The monoisotopic (exact) mass is 426 g/mol. The molecule has 1 unspecified atom stereocenters. The van der Waals surface area contributed by atoms with Crippen LogP contribution >= 0.6 is 0 Å². The van der Waals surface area contributed by atoms with Crippen LogP contribution in [0.2, 0.25) is 0 Å². The molecule has 1 aliphatic heterocycles. The van der Waals surface area contributed by atoms with E-state index in [4.69, 9.17) is 0 Å². The number of ether oxygens (including phenoxy) is 1. The molecular formula is C21H25F3N2O4. The van der Waals surface area contributed by atoms with Crippen molar-refractivity contribution in [1.82, 2.24) is 10.2 Å². The highest BCUT2D eigenvalue weighted by molar-refractivity contribution is 6.10. The lowest BCUT2D eigenvalue weighted by Gasteiger charge is -2.33. The molecule has 6 nitrogen and oxygen atoms in total. The summed E-state index contributed by atoms with van der Waals surface area (Å²) in [5.74, 6) is -3.69. The lowest BCUT2D eigenvalue weighted by molar-refractivity contribution is -0.196. The van der Waals surface area contributed by atoms with Crippen LogP contribution in [-0.4, -0.2) is 48.1 Å². The molecule has 0 spiro atoms. The molecule has 164 valence electrons. The lowest BCUT2D eigenvalue weighted by atomic mass is 9.88. The van der Waals surface area contributed by atoms with E-state index in [1.807, 2.05) is 12.2 Å². The number of benzene rings is 1. The van der Waals surface area contributed by atoms with Crippen molar-refractivity contribution in [3.8, 4) is 0 Å². The van der Waals surface area contributed by atoms with Gasteiger partial charge in [0, 0.05) is 18.7 Å². The normalized spacial score (nSPS) is 19.3. The molecule has 2 rings (SSSR count). The SMILES string of the molecule is CCCCN1C(=O)C(NC(=O)CCc2ccccc2)(C(F)(F)F)C(C(=O)OC)=C1C. The number of allylic oxidation sites excluding steroid dienone is 1. The van der Waals surface area contributed by atoms with Gasteiger partial charge in [-0.25, -0.2) is 4.79 Å². The summed E-state index contributed by atoms with van der Waals surface area (Å²) < 4.78 is 47.4. The lowest BCUT2D eigenvalue weighted by Crippen LogP contribution is -2.66. The van der Waals surface area contributed by atoms with Gasteiger partial charge in [-0.05, 0) is 25.3 Å². The van der Waals surface area contributed by atoms with Crippen LogP contribution in [-0.2, 0) is 25.5 Å². The van der Waals surface area contributed by atoms with Crippen molar-refractivity contribution >= 4 is 17.8 Å². The molecule has 1 N–H and O–H groups in total. The number of amides is 2. The van der Waals surface area contributed by atoms with Crippen molar-refractivity contribution in [3.05, 3.63) is 47.2 Å². The fourth-order valence-corrected chi connectivity index (χ4v) is 3.48. The molecule has 1 aliphatic rings. The maximum atomic E-state index is 14.3. The van der Waals surface area contributed by atoms with Crippen LogP contribution in [0.25, 0.3) is 0 Å². The van der Waals surface area contributed by atoms with E-state index in [0.29, 0.717) is 12.8 Å². The van der Waals surface area contributed by atoms with Gasteiger partial charge in [-0.15, -0.1) is 0 Å². The number of hydrogen-bond donors (Lipinski definition) is 1. The van der Waals surface area contributed by atoms with Gasteiger partial charge in [-0.1, -0.05) is 43.7 Å². The third kappa shape index (κ3) is 4.34. The Labute approximate surface area is 173 Å².